The molecule has 7 nitrogen and oxygen atoms in total. The number of aliphatic carboxylic acids is 1. The summed E-state index contributed by atoms with van der Waals surface area (Å²) in [6, 6.07) is 9.10. The number of hydrogen-bond donors (Lipinski definition) is 1. The maximum atomic E-state index is 12.1. The van der Waals surface area contributed by atoms with Crippen LogP contribution in [0.4, 0.5) is 4.79 Å². The second-order valence-electron chi connectivity index (χ2n) is 5.87. The van der Waals surface area contributed by atoms with Crippen LogP contribution < -0.4 is 0 Å². The van der Waals surface area contributed by atoms with E-state index >= 15 is 0 Å². The van der Waals surface area contributed by atoms with Gasteiger partial charge in [-0.1, -0.05) is 30.3 Å². The Labute approximate surface area is 134 Å². The Hall–Kier alpha value is -2.09. The highest BCUT2D eigenvalue weighted by molar-refractivity contribution is 7.90. The third-order valence-electron chi connectivity index (χ3n) is 3.81. The molecule has 1 aliphatic rings. The molecule has 0 aliphatic carbocycles. The summed E-state index contributed by atoms with van der Waals surface area (Å²) in [5.41, 5.74) is -0.639. The number of carbonyl (C=O) groups is 2. The van der Waals surface area contributed by atoms with E-state index < -0.39 is 33.1 Å². The van der Waals surface area contributed by atoms with Crippen molar-refractivity contribution >= 4 is 21.9 Å². The van der Waals surface area contributed by atoms with Crippen molar-refractivity contribution in [1.29, 1.82) is 0 Å². The largest absolute Gasteiger partial charge is 0.481 e. The third kappa shape index (κ3) is 4.44. The monoisotopic (exact) mass is 341 g/mol. The van der Waals surface area contributed by atoms with Crippen molar-refractivity contribution in [3.05, 3.63) is 35.9 Å². The summed E-state index contributed by atoms with van der Waals surface area (Å²) >= 11 is 0. The number of sulfone groups is 1. The third-order valence-corrected chi connectivity index (χ3v) is 4.89. The number of likely N-dealkylation sites (tertiary alicyclic amines) is 1. The number of benzene rings is 1. The van der Waals surface area contributed by atoms with E-state index in [1.54, 1.807) is 0 Å². The molecule has 8 heteroatoms. The van der Waals surface area contributed by atoms with Crippen molar-refractivity contribution in [3.8, 4) is 0 Å². The lowest BCUT2D eigenvalue weighted by atomic mass is 9.90. The number of carbonyl (C=O) groups excluding carboxylic acids is 1. The summed E-state index contributed by atoms with van der Waals surface area (Å²) in [7, 11) is -3.48. The molecule has 2 rings (SSSR count). The molecular weight excluding hydrogens is 322 g/mol. The summed E-state index contributed by atoms with van der Waals surface area (Å²) < 4.78 is 28.1. The zero-order valence-electron chi connectivity index (χ0n) is 12.8. The molecule has 1 unspecified atom stereocenters. The van der Waals surface area contributed by atoms with Crippen molar-refractivity contribution in [3.63, 3.8) is 0 Å². The first-order valence-electron chi connectivity index (χ1n) is 7.09. The van der Waals surface area contributed by atoms with E-state index in [9.17, 15) is 23.1 Å². The van der Waals surface area contributed by atoms with Crippen LogP contribution in [-0.2, 0) is 26.0 Å². The fourth-order valence-electron chi connectivity index (χ4n) is 2.69. The van der Waals surface area contributed by atoms with Gasteiger partial charge in [-0.25, -0.2) is 13.2 Å². The van der Waals surface area contributed by atoms with Gasteiger partial charge in [-0.2, -0.15) is 0 Å². The highest BCUT2D eigenvalue weighted by Crippen LogP contribution is 2.33. The molecule has 1 fully saturated rings. The van der Waals surface area contributed by atoms with Crippen LogP contribution in [0.5, 0.6) is 0 Å². The molecule has 1 amide bonds. The molecule has 0 radical (unpaired) electrons. The Balaban J connectivity index is 1.99. The molecule has 1 aliphatic heterocycles. The minimum Gasteiger partial charge on any atom is -0.481 e. The van der Waals surface area contributed by atoms with Crippen LogP contribution in [0.25, 0.3) is 0 Å². The summed E-state index contributed by atoms with van der Waals surface area (Å²) in [6.45, 7) is 0.0841. The van der Waals surface area contributed by atoms with Crippen LogP contribution in [0.1, 0.15) is 12.0 Å². The van der Waals surface area contributed by atoms with E-state index in [0.717, 1.165) is 11.8 Å². The van der Waals surface area contributed by atoms with Gasteiger partial charge in [0.15, 0.2) is 0 Å². The Morgan fingerprint density at radius 1 is 1.30 bits per heavy atom. The lowest BCUT2D eigenvalue weighted by molar-refractivity contribution is -0.146. The van der Waals surface area contributed by atoms with Crippen LogP contribution in [-0.4, -0.2) is 55.6 Å². The first-order chi connectivity index (χ1) is 10.7. The van der Waals surface area contributed by atoms with E-state index in [-0.39, 0.29) is 26.1 Å². The van der Waals surface area contributed by atoms with Gasteiger partial charge in [0.05, 0.1) is 5.75 Å². The maximum Gasteiger partial charge on any atom is 0.410 e. The number of ether oxygens (including phenoxy) is 1. The fraction of sp³-hybridized carbons (Fsp3) is 0.467. The number of carboxylic acid groups (broad SMARTS) is 1. The molecule has 1 N–H and O–H groups in total. The molecule has 0 bridgehead atoms. The normalized spacial score (nSPS) is 21.2. The number of carboxylic acids is 1. The molecule has 1 atom stereocenters. The molecular formula is C15H19NO6S. The van der Waals surface area contributed by atoms with E-state index in [2.05, 4.69) is 0 Å². The van der Waals surface area contributed by atoms with Crippen LogP contribution in [0, 0.1) is 5.41 Å². The first-order valence-corrected chi connectivity index (χ1v) is 9.15. The maximum absolute atomic E-state index is 12.1. The van der Waals surface area contributed by atoms with E-state index in [1.165, 1.54) is 4.90 Å². The number of nitrogens with zero attached hydrogens (tertiary/aromatic N) is 1. The predicted molar refractivity (Wildman–Crippen MR) is 82.6 cm³/mol. The van der Waals surface area contributed by atoms with Crippen molar-refractivity contribution in [1.82, 2.24) is 4.90 Å². The minimum absolute atomic E-state index is 0.0856. The molecule has 1 heterocycles. The van der Waals surface area contributed by atoms with Crippen molar-refractivity contribution < 1.29 is 27.9 Å². The highest BCUT2D eigenvalue weighted by Gasteiger charge is 2.48. The lowest BCUT2D eigenvalue weighted by Crippen LogP contribution is -2.41. The lowest BCUT2D eigenvalue weighted by Gasteiger charge is -2.23. The smallest absolute Gasteiger partial charge is 0.410 e. The predicted octanol–water partition coefficient (Wildman–Crippen LogP) is 1.14. The second-order valence-corrected chi connectivity index (χ2v) is 8.01. The highest BCUT2D eigenvalue weighted by atomic mass is 32.2. The van der Waals surface area contributed by atoms with Gasteiger partial charge >= 0.3 is 12.1 Å². The summed E-state index contributed by atoms with van der Waals surface area (Å²) in [5, 5.41) is 9.39. The van der Waals surface area contributed by atoms with Gasteiger partial charge in [0, 0.05) is 19.3 Å². The van der Waals surface area contributed by atoms with Crippen LogP contribution in [0.3, 0.4) is 0 Å². The Kier molecular flexibility index (Phi) is 4.93. The van der Waals surface area contributed by atoms with Gasteiger partial charge in [0.25, 0.3) is 0 Å². The zero-order valence-corrected chi connectivity index (χ0v) is 13.6. The average molecular weight is 341 g/mol. The average Bonchev–Trinajstić information content (AvgIpc) is 2.89. The first kappa shape index (κ1) is 17.3. The van der Waals surface area contributed by atoms with Crippen molar-refractivity contribution in [2.24, 2.45) is 5.41 Å². The van der Waals surface area contributed by atoms with E-state index in [1.807, 2.05) is 30.3 Å². The van der Waals surface area contributed by atoms with Gasteiger partial charge in [-0.15, -0.1) is 0 Å². The quantitative estimate of drug-likeness (QED) is 0.862. The van der Waals surface area contributed by atoms with Crippen LogP contribution in [0.15, 0.2) is 30.3 Å². The number of amides is 1. The summed E-state index contributed by atoms with van der Waals surface area (Å²) in [5.74, 6) is -1.70. The molecule has 1 saturated heterocycles. The molecule has 1 aromatic carbocycles. The fourth-order valence-corrected chi connectivity index (χ4v) is 4.06. The summed E-state index contributed by atoms with van der Waals surface area (Å²) in [4.78, 5) is 24.8. The summed E-state index contributed by atoms with van der Waals surface area (Å²) in [6.07, 6.45) is 0.453. The molecule has 0 spiro atoms. The zero-order chi connectivity index (χ0) is 17.1. The molecule has 126 valence electrons. The number of hydrogen-bond acceptors (Lipinski definition) is 5. The number of rotatable bonds is 5. The Morgan fingerprint density at radius 2 is 1.96 bits per heavy atom. The molecule has 0 saturated carbocycles. The van der Waals surface area contributed by atoms with E-state index in [4.69, 9.17) is 4.74 Å². The topological polar surface area (TPSA) is 101 Å². The van der Waals surface area contributed by atoms with Gasteiger partial charge in [0.2, 0.25) is 0 Å². The standard InChI is InChI=1S/C15H19NO6S/c1-23(20,21)11-15(13(17)18)7-8-16(10-15)14(19)22-9-12-5-3-2-4-6-12/h2-6H,7-11H2,1H3,(H,17,18). The second kappa shape index (κ2) is 6.57. The van der Waals surface area contributed by atoms with Crippen molar-refractivity contribution in [2.45, 2.75) is 13.0 Å². The Morgan fingerprint density at radius 3 is 2.52 bits per heavy atom. The SMILES string of the molecule is CS(=O)(=O)CC1(C(=O)O)CCN(C(=O)OCc2ccccc2)C1. The van der Waals surface area contributed by atoms with Crippen LogP contribution in [0.2, 0.25) is 0 Å². The Bertz CT molecular complexity index is 687. The van der Waals surface area contributed by atoms with Crippen molar-refractivity contribution in [2.75, 3.05) is 25.1 Å². The minimum atomic E-state index is -3.48. The van der Waals surface area contributed by atoms with E-state index in [0.29, 0.717) is 0 Å². The molecule has 23 heavy (non-hydrogen) atoms. The van der Waals surface area contributed by atoms with Gasteiger partial charge < -0.3 is 14.7 Å². The van der Waals surface area contributed by atoms with Gasteiger partial charge in [0.1, 0.15) is 21.9 Å². The molecule has 1 aromatic rings. The van der Waals surface area contributed by atoms with Gasteiger partial charge in [-0.05, 0) is 12.0 Å². The molecule has 0 aromatic heterocycles. The van der Waals surface area contributed by atoms with Crippen LogP contribution >= 0.6 is 0 Å². The van der Waals surface area contributed by atoms with Gasteiger partial charge in [-0.3, -0.25) is 4.79 Å².